The molecule has 1 atom stereocenters. The molecule has 1 spiro atoms. The Hall–Kier alpha value is -1.86. The van der Waals surface area contributed by atoms with Crippen LogP contribution in [0.15, 0.2) is 28.9 Å². The first-order chi connectivity index (χ1) is 12.6. The molecule has 26 heavy (non-hydrogen) atoms. The number of aromatic nitrogens is 2. The SMILES string of the molecule is CCc1oncc1C(=O)N1CC2(C[C@H](OCc3cccc(C)n3)CS2)C1. The molecular weight excluding hydrogens is 350 g/mol. The van der Waals surface area contributed by atoms with Gasteiger partial charge in [0.1, 0.15) is 11.3 Å². The van der Waals surface area contributed by atoms with Crippen LogP contribution in [0.25, 0.3) is 0 Å². The van der Waals surface area contributed by atoms with E-state index in [1.807, 2.05) is 48.7 Å². The van der Waals surface area contributed by atoms with Gasteiger partial charge in [0.05, 0.1) is 29.3 Å². The molecule has 1 amide bonds. The number of ether oxygens (including phenoxy) is 1. The van der Waals surface area contributed by atoms with Crippen LogP contribution in [0.2, 0.25) is 0 Å². The Morgan fingerprint density at radius 2 is 2.31 bits per heavy atom. The Bertz CT molecular complexity index is 801. The highest BCUT2D eigenvalue weighted by atomic mass is 32.2. The molecule has 2 aliphatic heterocycles. The highest BCUT2D eigenvalue weighted by Crippen LogP contribution is 2.46. The minimum Gasteiger partial charge on any atom is -0.371 e. The van der Waals surface area contributed by atoms with Gasteiger partial charge in [-0.3, -0.25) is 9.78 Å². The van der Waals surface area contributed by atoms with Crippen molar-refractivity contribution in [3.63, 3.8) is 0 Å². The number of hydrogen-bond acceptors (Lipinski definition) is 6. The number of thioether (sulfide) groups is 1. The van der Waals surface area contributed by atoms with Crippen molar-refractivity contribution in [1.29, 1.82) is 0 Å². The molecule has 2 saturated heterocycles. The Labute approximate surface area is 157 Å². The molecule has 2 fully saturated rings. The van der Waals surface area contributed by atoms with Crippen molar-refractivity contribution in [1.82, 2.24) is 15.0 Å². The second-order valence-electron chi connectivity index (χ2n) is 7.08. The molecule has 2 aromatic rings. The lowest BCUT2D eigenvalue weighted by atomic mass is 9.92. The van der Waals surface area contributed by atoms with Crippen LogP contribution in [0.1, 0.15) is 40.9 Å². The van der Waals surface area contributed by atoms with Crippen LogP contribution in [0, 0.1) is 6.92 Å². The average molecular weight is 373 g/mol. The topological polar surface area (TPSA) is 68.5 Å². The lowest BCUT2D eigenvalue weighted by molar-refractivity contribution is 0.0244. The third-order valence-corrected chi connectivity index (χ3v) is 6.61. The van der Waals surface area contributed by atoms with Crippen LogP contribution in [0.5, 0.6) is 0 Å². The van der Waals surface area contributed by atoms with E-state index in [1.165, 1.54) is 6.20 Å². The fourth-order valence-corrected chi connectivity index (χ4v) is 5.22. The molecule has 0 saturated carbocycles. The number of carbonyl (C=O) groups excluding carboxylic acids is 1. The van der Waals surface area contributed by atoms with E-state index < -0.39 is 0 Å². The monoisotopic (exact) mass is 373 g/mol. The number of amides is 1. The summed E-state index contributed by atoms with van der Waals surface area (Å²) in [4.78, 5) is 19.0. The van der Waals surface area contributed by atoms with E-state index in [0.29, 0.717) is 24.4 Å². The fourth-order valence-electron chi connectivity index (χ4n) is 3.67. The molecule has 2 aromatic heterocycles. The molecule has 4 rings (SSSR count). The summed E-state index contributed by atoms with van der Waals surface area (Å²) < 4.78 is 11.4. The highest BCUT2D eigenvalue weighted by molar-refractivity contribution is 8.01. The van der Waals surface area contributed by atoms with E-state index in [0.717, 1.165) is 36.7 Å². The fraction of sp³-hybridized carbons (Fsp3) is 0.526. The lowest BCUT2D eigenvalue weighted by Gasteiger charge is -2.47. The number of likely N-dealkylation sites (tertiary alicyclic amines) is 1. The average Bonchev–Trinajstić information content (AvgIpc) is 3.25. The molecule has 2 aliphatic rings. The molecule has 0 radical (unpaired) electrons. The van der Waals surface area contributed by atoms with Gasteiger partial charge in [-0.05, 0) is 25.5 Å². The van der Waals surface area contributed by atoms with Crippen molar-refractivity contribution in [2.45, 2.75) is 44.1 Å². The van der Waals surface area contributed by atoms with Gasteiger partial charge in [-0.1, -0.05) is 18.1 Å². The normalized spacial score (nSPS) is 21.2. The second-order valence-corrected chi connectivity index (χ2v) is 8.57. The molecule has 7 heteroatoms. The van der Waals surface area contributed by atoms with E-state index in [1.54, 1.807) is 0 Å². The van der Waals surface area contributed by atoms with Crippen molar-refractivity contribution in [2.24, 2.45) is 0 Å². The zero-order valence-corrected chi connectivity index (χ0v) is 15.9. The van der Waals surface area contributed by atoms with Crippen molar-refractivity contribution in [3.05, 3.63) is 47.1 Å². The predicted octanol–water partition coefficient (Wildman–Crippen LogP) is 2.86. The van der Waals surface area contributed by atoms with E-state index in [9.17, 15) is 4.79 Å². The maximum absolute atomic E-state index is 12.6. The highest BCUT2D eigenvalue weighted by Gasteiger charge is 2.51. The van der Waals surface area contributed by atoms with Crippen LogP contribution < -0.4 is 0 Å². The number of nitrogens with zero attached hydrogens (tertiary/aromatic N) is 3. The van der Waals surface area contributed by atoms with Crippen LogP contribution in [0.4, 0.5) is 0 Å². The second kappa shape index (κ2) is 7.04. The Kier molecular flexibility index (Phi) is 4.75. The van der Waals surface area contributed by atoms with Crippen LogP contribution >= 0.6 is 11.8 Å². The maximum Gasteiger partial charge on any atom is 0.259 e. The molecule has 6 nitrogen and oxygen atoms in total. The number of pyridine rings is 1. The molecule has 0 N–H and O–H groups in total. The van der Waals surface area contributed by atoms with Gasteiger partial charge in [0, 0.05) is 31.0 Å². The van der Waals surface area contributed by atoms with Gasteiger partial charge >= 0.3 is 0 Å². The lowest BCUT2D eigenvalue weighted by Crippen LogP contribution is -2.60. The molecule has 138 valence electrons. The summed E-state index contributed by atoms with van der Waals surface area (Å²) in [6, 6.07) is 6.00. The van der Waals surface area contributed by atoms with Gasteiger partial charge in [-0.25, -0.2) is 0 Å². The van der Waals surface area contributed by atoms with Crippen LogP contribution in [-0.4, -0.2) is 50.6 Å². The standard InChI is InChI=1S/C19H23N3O3S/c1-3-17-16(8-20-25-17)18(23)22-11-19(12-22)7-15(10-26-19)24-9-14-6-4-5-13(2)21-14/h4-6,8,15H,3,7,9-12H2,1-2H3/t15-/m0/s1. The van der Waals surface area contributed by atoms with E-state index in [2.05, 4.69) is 10.1 Å². The molecular formula is C19H23N3O3S. The smallest absolute Gasteiger partial charge is 0.259 e. The predicted molar refractivity (Wildman–Crippen MR) is 99.1 cm³/mol. The molecule has 0 unspecified atom stereocenters. The number of rotatable bonds is 5. The summed E-state index contributed by atoms with van der Waals surface area (Å²) in [5.74, 6) is 1.67. The summed E-state index contributed by atoms with van der Waals surface area (Å²) in [6.45, 7) is 6.04. The first kappa shape index (κ1) is 17.5. The quantitative estimate of drug-likeness (QED) is 0.803. The molecule has 0 bridgehead atoms. The van der Waals surface area contributed by atoms with Crippen molar-refractivity contribution in [2.75, 3.05) is 18.8 Å². The van der Waals surface area contributed by atoms with Crippen molar-refractivity contribution < 1.29 is 14.1 Å². The van der Waals surface area contributed by atoms with Crippen molar-refractivity contribution in [3.8, 4) is 0 Å². The van der Waals surface area contributed by atoms with Gasteiger partial charge in [-0.15, -0.1) is 11.8 Å². The first-order valence-electron chi connectivity index (χ1n) is 8.99. The number of carbonyl (C=O) groups is 1. The summed E-state index contributed by atoms with van der Waals surface area (Å²) in [6.07, 6.45) is 3.42. The van der Waals surface area contributed by atoms with Crippen LogP contribution in [-0.2, 0) is 17.8 Å². The van der Waals surface area contributed by atoms with Gasteiger partial charge in [0.25, 0.3) is 5.91 Å². The van der Waals surface area contributed by atoms with Gasteiger partial charge in [0.2, 0.25) is 0 Å². The summed E-state index contributed by atoms with van der Waals surface area (Å²) in [7, 11) is 0. The van der Waals surface area contributed by atoms with Gasteiger partial charge < -0.3 is 14.2 Å². The zero-order chi connectivity index (χ0) is 18.1. The first-order valence-corrected chi connectivity index (χ1v) is 9.98. The van der Waals surface area contributed by atoms with E-state index >= 15 is 0 Å². The molecule has 0 aromatic carbocycles. The zero-order valence-electron chi connectivity index (χ0n) is 15.1. The summed E-state index contributed by atoms with van der Waals surface area (Å²) >= 11 is 1.93. The van der Waals surface area contributed by atoms with Gasteiger partial charge in [0.15, 0.2) is 0 Å². The van der Waals surface area contributed by atoms with Crippen molar-refractivity contribution >= 4 is 17.7 Å². The minimum absolute atomic E-state index is 0.0302. The Balaban J connectivity index is 1.29. The Morgan fingerprint density at radius 3 is 3.08 bits per heavy atom. The minimum atomic E-state index is 0.0302. The molecule has 0 aliphatic carbocycles. The number of hydrogen-bond donors (Lipinski definition) is 0. The molecule has 4 heterocycles. The summed E-state index contributed by atoms with van der Waals surface area (Å²) in [5.41, 5.74) is 2.58. The number of aryl methyl sites for hydroxylation is 2. The third-order valence-electron chi connectivity index (χ3n) is 5.03. The maximum atomic E-state index is 12.6. The van der Waals surface area contributed by atoms with E-state index in [4.69, 9.17) is 9.26 Å². The largest absolute Gasteiger partial charge is 0.371 e. The third kappa shape index (κ3) is 3.38. The van der Waals surface area contributed by atoms with Crippen LogP contribution in [0.3, 0.4) is 0 Å². The van der Waals surface area contributed by atoms with Gasteiger partial charge in [-0.2, -0.15) is 0 Å². The Morgan fingerprint density at radius 1 is 1.46 bits per heavy atom. The van der Waals surface area contributed by atoms with E-state index in [-0.39, 0.29) is 16.8 Å². The summed E-state index contributed by atoms with van der Waals surface area (Å²) in [5, 5.41) is 3.76.